The van der Waals surface area contributed by atoms with Gasteiger partial charge in [0.05, 0.1) is 9.83 Å². The molecule has 1 N–H and O–H groups in total. The molecule has 0 saturated heterocycles. The molecule has 0 amide bonds. The van der Waals surface area contributed by atoms with Crippen molar-refractivity contribution in [3.8, 4) is 0 Å². The summed E-state index contributed by atoms with van der Waals surface area (Å²) in [6, 6.07) is 7.12. The van der Waals surface area contributed by atoms with Gasteiger partial charge in [-0.3, -0.25) is 0 Å². The van der Waals surface area contributed by atoms with E-state index in [1.54, 1.807) is 17.4 Å². The first kappa shape index (κ1) is 15.9. The molecule has 0 spiro atoms. The van der Waals surface area contributed by atoms with Crippen LogP contribution in [-0.2, 0) is 0 Å². The molecule has 102 valence electrons. The molecule has 1 unspecified atom stereocenters. The van der Waals surface area contributed by atoms with Crippen molar-refractivity contribution < 1.29 is 4.39 Å². The maximum absolute atomic E-state index is 13.2. The van der Waals surface area contributed by atoms with E-state index in [1.165, 1.54) is 10.9 Å². The first-order valence-electron chi connectivity index (χ1n) is 5.66. The SMILES string of the molecule is CCNC(c1cc(Br)c(Br)s1)c1ccc(F)cc1I. The highest BCUT2D eigenvalue weighted by Crippen LogP contribution is 2.38. The largest absolute Gasteiger partial charge is 0.306 e. The van der Waals surface area contributed by atoms with E-state index in [1.807, 2.05) is 6.07 Å². The Morgan fingerprint density at radius 2 is 2.11 bits per heavy atom. The smallest absolute Gasteiger partial charge is 0.124 e. The average Bonchev–Trinajstić information content (AvgIpc) is 2.67. The zero-order valence-electron chi connectivity index (χ0n) is 10.0. The van der Waals surface area contributed by atoms with Crippen molar-refractivity contribution in [1.82, 2.24) is 5.32 Å². The van der Waals surface area contributed by atoms with E-state index < -0.39 is 0 Å². The molecule has 2 aromatic rings. The highest BCUT2D eigenvalue weighted by molar-refractivity contribution is 14.1. The molecule has 0 saturated carbocycles. The van der Waals surface area contributed by atoms with Crippen molar-refractivity contribution in [3.05, 3.63) is 52.4 Å². The lowest BCUT2D eigenvalue weighted by Gasteiger charge is -2.18. The second-order valence-corrected chi connectivity index (χ2v) is 8.35. The van der Waals surface area contributed by atoms with E-state index in [0.717, 1.165) is 23.9 Å². The van der Waals surface area contributed by atoms with Crippen LogP contribution in [0, 0.1) is 9.39 Å². The average molecular weight is 519 g/mol. The van der Waals surface area contributed by atoms with Gasteiger partial charge in [-0.1, -0.05) is 13.0 Å². The Morgan fingerprint density at radius 3 is 2.63 bits per heavy atom. The molecule has 0 aliphatic rings. The van der Waals surface area contributed by atoms with Gasteiger partial charge >= 0.3 is 0 Å². The van der Waals surface area contributed by atoms with Crippen LogP contribution in [0.1, 0.15) is 23.4 Å². The first-order valence-corrected chi connectivity index (χ1v) is 9.14. The monoisotopic (exact) mass is 517 g/mol. The Hall–Kier alpha value is 0.500. The van der Waals surface area contributed by atoms with Gasteiger partial charge in [0.2, 0.25) is 0 Å². The third-order valence-electron chi connectivity index (χ3n) is 2.63. The van der Waals surface area contributed by atoms with Crippen LogP contribution in [0.2, 0.25) is 0 Å². The van der Waals surface area contributed by atoms with Crippen molar-refractivity contribution in [2.75, 3.05) is 6.54 Å². The minimum atomic E-state index is -0.197. The van der Waals surface area contributed by atoms with Gasteiger partial charge < -0.3 is 5.32 Å². The molecule has 0 bridgehead atoms. The number of nitrogens with one attached hydrogen (secondary N) is 1. The van der Waals surface area contributed by atoms with Gasteiger partial charge in [-0.15, -0.1) is 11.3 Å². The summed E-state index contributed by atoms with van der Waals surface area (Å²) in [6.07, 6.45) is 0. The number of rotatable bonds is 4. The second kappa shape index (κ2) is 6.98. The second-order valence-electron chi connectivity index (χ2n) is 3.93. The molecule has 1 aromatic carbocycles. The number of halogens is 4. The van der Waals surface area contributed by atoms with Gasteiger partial charge in [0.15, 0.2) is 0 Å². The topological polar surface area (TPSA) is 12.0 Å². The third kappa shape index (κ3) is 3.78. The minimum Gasteiger partial charge on any atom is -0.306 e. The third-order valence-corrected chi connectivity index (χ3v) is 6.89. The van der Waals surface area contributed by atoms with Crippen LogP contribution in [0.15, 0.2) is 32.5 Å². The molecule has 0 radical (unpaired) electrons. The molecule has 19 heavy (non-hydrogen) atoms. The Morgan fingerprint density at radius 1 is 1.37 bits per heavy atom. The predicted octanol–water partition coefficient (Wildman–Crippen LogP) is 5.72. The van der Waals surface area contributed by atoms with Gasteiger partial charge in [0, 0.05) is 12.9 Å². The van der Waals surface area contributed by atoms with Crippen LogP contribution in [0.25, 0.3) is 0 Å². The predicted molar refractivity (Wildman–Crippen MR) is 94.4 cm³/mol. The van der Waals surface area contributed by atoms with Crippen molar-refractivity contribution in [3.63, 3.8) is 0 Å². The van der Waals surface area contributed by atoms with E-state index in [9.17, 15) is 4.39 Å². The number of hydrogen-bond donors (Lipinski definition) is 1. The van der Waals surface area contributed by atoms with Crippen molar-refractivity contribution >= 4 is 65.8 Å². The molecule has 0 aliphatic carbocycles. The van der Waals surface area contributed by atoms with Gasteiger partial charge in [0.25, 0.3) is 0 Å². The summed E-state index contributed by atoms with van der Waals surface area (Å²) in [5.74, 6) is -0.197. The lowest BCUT2D eigenvalue weighted by molar-refractivity contribution is 0.614. The summed E-state index contributed by atoms with van der Waals surface area (Å²) < 4.78 is 16.3. The van der Waals surface area contributed by atoms with Crippen LogP contribution in [0.4, 0.5) is 4.39 Å². The number of hydrogen-bond acceptors (Lipinski definition) is 2. The normalized spacial score (nSPS) is 12.7. The van der Waals surface area contributed by atoms with E-state index in [0.29, 0.717) is 0 Å². The highest BCUT2D eigenvalue weighted by Gasteiger charge is 2.19. The molecular formula is C13H11Br2FINS. The van der Waals surface area contributed by atoms with Gasteiger partial charge in [-0.2, -0.15) is 0 Å². The Balaban J connectivity index is 2.44. The molecular weight excluding hydrogens is 508 g/mol. The van der Waals surface area contributed by atoms with Crippen LogP contribution < -0.4 is 5.32 Å². The molecule has 1 atom stereocenters. The number of thiophene rings is 1. The lowest BCUT2D eigenvalue weighted by atomic mass is 10.1. The summed E-state index contributed by atoms with van der Waals surface area (Å²) in [5.41, 5.74) is 1.10. The minimum absolute atomic E-state index is 0.0881. The Bertz CT molecular complexity index is 569. The summed E-state index contributed by atoms with van der Waals surface area (Å²) >= 11 is 10.9. The molecule has 1 aromatic heterocycles. The van der Waals surface area contributed by atoms with Crippen LogP contribution >= 0.6 is 65.8 Å². The Kier molecular flexibility index (Phi) is 5.83. The van der Waals surface area contributed by atoms with Crippen molar-refractivity contribution in [2.24, 2.45) is 0 Å². The lowest BCUT2D eigenvalue weighted by Crippen LogP contribution is -2.22. The summed E-state index contributed by atoms with van der Waals surface area (Å²) in [5, 5.41) is 3.46. The quantitative estimate of drug-likeness (QED) is 0.511. The van der Waals surface area contributed by atoms with E-state index in [4.69, 9.17) is 0 Å². The summed E-state index contributed by atoms with van der Waals surface area (Å²) in [4.78, 5) is 1.20. The fraction of sp³-hybridized carbons (Fsp3) is 0.231. The van der Waals surface area contributed by atoms with E-state index in [-0.39, 0.29) is 11.9 Å². The molecule has 1 heterocycles. The van der Waals surface area contributed by atoms with Gasteiger partial charge in [-0.25, -0.2) is 4.39 Å². The van der Waals surface area contributed by atoms with Crippen molar-refractivity contribution in [1.29, 1.82) is 0 Å². The fourth-order valence-electron chi connectivity index (χ4n) is 1.81. The zero-order chi connectivity index (χ0) is 14.0. The van der Waals surface area contributed by atoms with Crippen LogP contribution in [-0.4, -0.2) is 6.54 Å². The van der Waals surface area contributed by atoms with Crippen LogP contribution in [0.5, 0.6) is 0 Å². The molecule has 6 heteroatoms. The number of benzene rings is 1. The highest BCUT2D eigenvalue weighted by atomic mass is 127. The van der Waals surface area contributed by atoms with Crippen LogP contribution in [0.3, 0.4) is 0 Å². The van der Waals surface area contributed by atoms with Gasteiger partial charge in [0.1, 0.15) is 5.82 Å². The van der Waals surface area contributed by atoms with Gasteiger partial charge in [-0.05, 0) is 84.8 Å². The zero-order valence-corrected chi connectivity index (χ0v) is 16.2. The molecule has 2 rings (SSSR count). The maximum Gasteiger partial charge on any atom is 0.124 e. The summed E-state index contributed by atoms with van der Waals surface area (Å²) in [7, 11) is 0. The van der Waals surface area contributed by atoms with Crippen molar-refractivity contribution in [2.45, 2.75) is 13.0 Å². The van der Waals surface area contributed by atoms with E-state index >= 15 is 0 Å². The molecule has 0 aliphatic heterocycles. The van der Waals surface area contributed by atoms with E-state index in [2.05, 4.69) is 72.8 Å². The Labute approximate surface area is 146 Å². The summed E-state index contributed by atoms with van der Waals surface area (Å²) in [6.45, 7) is 2.92. The standard InChI is InChI=1S/C13H11Br2FINS/c1-2-18-12(11-6-9(14)13(15)19-11)8-4-3-7(16)5-10(8)17/h3-6,12,18H,2H2,1H3. The molecule has 1 nitrogen and oxygen atoms in total. The molecule has 0 fully saturated rings. The first-order chi connectivity index (χ1) is 9.02. The maximum atomic E-state index is 13.2. The fourth-order valence-corrected chi connectivity index (χ4v) is 4.78.